The van der Waals surface area contributed by atoms with Crippen LogP contribution in [-0.2, 0) is 11.2 Å². The van der Waals surface area contributed by atoms with E-state index in [1.165, 1.54) is 26.4 Å². The van der Waals surface area contributed by atoms with Crippen molar-refractivity contribution in [1.82, 2.24) is 0 Å². The van der Waals surface area contributed by atoms with E-state index in [9.17, 15) is 9.90 Å². The van der Waals surface area contributed by atoms with E-state index in [-0.39, 0.29) is 12.2 Å². The van der Waals surface area contributed by atoms with Gasteiger partial charge in [0.05, 0.1) is 20.1 Å². The third-order valence-electron chi connectivity index (χ3n) is 2.49. The predicted octanol–water partition coefficient (Wildman–Crippen LogP) is 1.67. The Hall–Kier alpha value is -1.91. The fraction of sp³-hybridized carbons (Fsp3) is 0.417. The van der Waals surface area contributed by atoms with Crippen molar-refractivity contribution in [2.24, 2.45) is 5.92 Å². The number of methoxy groups -OCH3 is 2. The highest BCUT2D eigenvalue weighted by molar-refractivity contribution is 5.70. The number of ether oxygens (including phenoxy) is 2. The van der Waals surface area contributed by atoms with Gasteiger partial charge in [-0.2, -0.15) is 0 Å². The van der Waals surface area contributed by atoms with Gasteiger partial charge in [0.15, 0.2) is 11.5 Å². The average molecular weight is 240 g/mol. The number of aromatic hydroxyl groups is 1. The van der Waals surface area contributed by atoms with Crippen LogP contribution < -0.4 is 9.47 Å². The van der Waals surface area contributed by atoms with Gasteiger partial charge in [0, 0.05) is 11.6 Å². The molecule has 5 heteroatoms. The highest BCUT2D eigenvalue weighted by Crippen LogP contribution is 2.36. The lowest BCUT2D eigenvalue weighted by Crippen LogP contribution is -2.13. The molecule has 0 saturated heterocycles. The first-order valence-corrected chi connectivity index (χ1v) is 5.16. The van der Waals surface area contributed by atoms with Crippen molar-refractivity contribution in [3.05, 3.63) is 17.7 Å². The molecular weight excluding hydrogens is 224 g/mol. The number of carboxylic acids is 1. The second-order valence-electron chi connectivity index (χ2n) is 3.78. The quantitative estimate of drug-likeness (QED) is 0.818. The van der Waals surface area contributed by atoms with Gasteiger partial charge in [0.1, 0.15) is 5.75 Å². The predicted molar refractivity (Wildman–Crippen MR) is 61.7 cm³/mol. The maximum Gasteiger partial charge on any atom is 0.306 e. The zero-order chi connectivity index (χ0) is 13.0. The van der Waals surface area contributed by atoms with E-state index in [0.717, 1.165) is 0 Å². The molecule has 0 bridgehead atoms. The maximum absolute atomic E-state index is 10.8. The van der Waals surface area contributed by atoms with E-state index < -0.39 is 11.9 Å². The van der Waals surface area contributed by atoms with Gasteiger partial charge in [-0.1, -0.05) is 6.92 Å². The summed E-state index contributed by atoms with van der Waals surface area (Å²) in [7, 11) is 2.94. The molecule has 1 aromatic carbocycles. The molecule has 1 atom stereocenters. The largest absolute Gasteiger partial charge is 0.508 e. The highest BCUT2D eigenvalue weighted by Gasteiger charge is 2.18. The van der Waals surface area contributed by atoms with E-state index >= 15 is 0 Å². The fourth-order valence-corrected chi connectivity index (χ4v) is 1.60. The second kappa shape index (κ2) is 5.43. The third-order valence-corrected chi connectivity index (χ3v) is 2.49. The van der Waals surface area contributed by atoms with Crippen LogP contribution in [0.3, 0.4) is 0 Å². The van der Waals surface area contributed by atoms with Gasteiger partial charge in [0.25, 0.3) is 0 Å². The third kappa shape index (κ3) is 3.03. The van der Waals surface area contributed by atoms with Gasteiger partial charge in [-0.05, 0) is 12.5 Å². The summed E-state index contributed by atoms with van der Waals surface area (Å²) in [5, 5.41) is 18.4. The van der Waals surface area contributed by atoms with Crippen LogP contribution in [-0.4, -0.2) is 30.4 Å². The van der Waals surface area contributed by atoms with Crippen LogP contribution in [0.25, 0.3) is 0 Å². The minimum Gasteiger partial charge on any atom is -0.508 e. The Morgan fingerprint density at radius 2 is 2.00 bits per heavy atom. The zero-order valence-corrected chi connectivity index (χ0v) is 10.1. The molecular formula is C12H16O5. The molecule has 0 aromatic heterocycles. The number of carboxylic acid groups (broad SMARTS) is 1. The molecule has 0 fully saturated rings. The van der Waals surface area contributed by atoms with Crippen LogP contribution >= 0.6 is 0 Å². The summed E-state index contributed by atoms with van der Waals surface area (Å²) >= 11 is 0. The molecule has 17 heavy (non-hydrogen) atoms. The number of carbonyl (C=O) groups is 1. The van der Waals surface area contributed by atoms with Gasteiger partial charge in [-0.3, -0.25) is 4.79 Å². The molecule has 0 aliphatic carbocycles. The number of rotatable bonds is 5. The summed E-state index contributed by atoms with van der Waals surface area (Å²) in [6.45, 7) is 1.60. The van der Waals surface area contributed by atoms with Crippen molar-refractivity contribution in [3.8, 4) is 17.2 Å². The molecule has 0 amide bonds. The average Bonchev–Trinajstić information content (AvgIpc) is 2.27. The highest BCUT2D eigenvalue weighted by atomic mass is 16.5. The number of phenols is 1. The standard InChI is InChI=1S/C12H16O5/c1-7(12(14)15)4-8-5-9(13)6-10(16-2)11(8)17-3/h5-7,13H,4H2,1-3H3,(H,14,15). The first-order chi connectivity index (χ1) is 7.99. The van der Waals surface area contributed by atoms with Crippen LogP contribution in [0.5, 0.6) is 17.2 Å². The second-order valence-corrected chi connectivity index (χ2v) is 3.78. The number of hydrogen-bond acceptors (Lipinski definition) is 4. The lowest BCUT2D eigenvalue weighted by molar-refractivity contribution is -0.141. The first kappa shape index (κ1) is 13.2. The van der Waals surface area contributed by atoms with Crippen molar-refractivity contribution in [2.45, 2.75) is 13.3 Å². The van der Waals surface area contributed by atoms with Crippen LogP contribution in [0, 0.1) is 5.92 Å². The Labute approximate surface area is 99.6 Å². The minimum absolute atomic E-state index is 0.0234. The molecule has 1 unspecified atom stereocenters. The summed E-state index contributed by atoms with van der Waals surface area (Å²) in [4.78, 5) is 10.8. The number of benzene rings is 1. The number of aliphatic carboxylic acids is 1. The first-order valence-electron chi connectivity index (χ1n) is 5.16. The molecule has 0 aliphatic rings. The van der Waals surface area contributed by atoms with Crippen LogP contribution in [0.4, 0.5) is 0 Å². The van der Waals surface area contributed by atoms with Gasteiger partial charge in [-0.25, -0.2) is 0 Å². The van der Waals surface area contributed by atoms with E-state index in [2.05, 4.69) is 0 Å². The minimum atomic E-state index is -0.894. The summed E-state index contributed by atoms with van der Waals surface area (Å²) in [5.41, 5.74) is 0.610. The SMILES string of the molecule is COc1cc(O)cc(CC(C)C(=O)O)c1OC. The van der Waals surface area contributed by atoms with E-state index in [4.69, 9.17) is 14.6 Å². The zero-order valence-electron chi connectivity index (χ0n) is 10.1. The molecule has 0 heterocycles. The van der Waals surface area contributed by atoms with E-state index in [1.807, 2.05) is 0 Å². The summed E-state index contributed by atoms with van der Waals surface area (Å²) in [6, 6.07) is 2.91. The molecule has 94 valence electrons. The lowest BCUT2D eigenvalue weighted by Gasteiger charge is -2.14. The van der Waals surface area contributed by atoms with Crippen molar-refractivity contribution < 1.29 is 24.5 Å². The molecule has 1 aromatic rings. The fourth-order valence-electron chi connectivity index (χ4n) is 1.60. The van der Waals surface area contributed by atoms with Crippen molar-refractivity contribution in [2.75, 3.05) is 14.2 Å². The summed E-state index contributed by atoms with van der Waals surface area (Å²) in [6.07, 6.45) is 0.267. The van der Waals surface area contributed by atoms with Gasteiger partial charge < -0.3 is 19.7 Å². The maximum atomic E-state index is 10.8. The lowest BCUT2D eigenvalue weighted by atomic mass is 10.00. The number of hydrogen-bond donors (Lipinski definition) is 2. The monoisotopic (exact) mass is 240 g/mol. The van der Waals surface area contributed by atoms with Crippen molar-refractivity contribution in [1.29, 1.82) is 0 Å². The summed E-state index contributed by atoms with van der Waals surface area (Å²) in [5.74, 6) is -0.585. The van der Waals surface area contributed by atoms with Gasteiger partial charge in [0.2, 0.25) is 0 Å². The molecule has 1 rings (SSSR count). The Balaban J connectivity index is 3.12. The van der Waals surface area contributed by atoms with Crippen LogP contribution in [0.15, 0.2) is 12.1 Å². The topological polar surface area (TPSA) is 76.0 Å². The Bertz CT molecular complexity index is 414. The normalized spacial score (nSPS) is 11.9. The Morgan fingerprint density at radius 3 is 2.47 bits per heavy atom. The van der Waals surface area contributed by atoms with Gasteiger partial charge in [-0.15, -0.1) is 0 Å². The van der Waals surface area contributed by atoms with Crippen molar-refractivity contribution in [3.63, 3.8) is 0 Å². The van der Waals surface area contributed by atoms with Crippen molar-refractivity contribution >= 4 is 5.97 Å². The van der Waals surface area contributed by atoms with E-state index in [1.54, 1.807) is 6.92 Å². The molecule has 0 saturated carbocycles. The smallest absolute Gasteiger partial charge is 0.306 e. The van der Waals surface area contributed by atoms with Gasteiger partial charge >= 0.3 is 5.97 Å². The van der Waals surface area contributed by atoms with E-state index in [0.29, 0.717) is 17.1 Å². The van der Waals surface area contributed by atoms with Crippen LogP contribution in [0.1, 0.15) is 12.5 Å². The molecule has 2 N–H and O–H groups in total. The summed E-state index contributed by atoms with van der Waals surface area (Å²) < 4.78 is 10.2. The molecule has 0 spiro atoms. The Morgan fingerprint density at radius 1 is 1.35 bits per heavy atom. The Kier molecular flexibility index (Phi) is 4.20. The molecule has 0 aliphatic heterocycles. The molecule has 0 radical (unpaired) electrons. The van der Waals surface area contributed by atoms with Crippen LogP contribution in [0.2, 0.25) is 0 Å². The molecule has 5 nitrogen and oxygen atoms in total. The number of phenolic OH excluding ortho intramolecular Hbond substituents is 1.